The van der Waals surface area contributed by atoms with Crippen LogP contribution in [0.5, 0.6) is 17.2 Å². The minimum atomic E-state index is -5.32. The molecule has 0 aliphatic rings. The molecular formula is C39H36ClN9O21S6. The number of hydrogen-bond donors (Lipinski definition) is 12. The van der Waals surface area contributed by atoms with Gasteiger partial charge in [-0.05, 0) is 101 Å². The average molecular weight is 1190 g/mol. The smallest absolute Gasteiger partial charge is 0.397 e. The number of nitrogens with one attached hydrogen (secondary N) is 1. The number of sulfone groups is 1. The third-order valence-electron chi connectivity index (χ3n) is 10.3. The van der Waals surface area contributed by atoms with Gasteiger partial charge in [0.15, 0.2) is 21.3 Å². The minimum Gasteiger partial charge on any atom is -0.505 e. The lowest BCUT2D eigenvalue weighted by molar-refractivity contribution is 0.283. The Morgan fingerprint density at radius 3 is 1.87 bits per heavy atom. The molecular weight excluding hydrogens is 1160 g/mol. The first kappa shape index (κ1) is 57.2. The Bertz CT molecular complexity index is 4020. The van der Waals surface area contributed by atoms with Gasteiger partial charge in [0.1, 0.15) is 54.3 Å². The number of methoxy groups -OCH3 is 1. The molecule has 0 saturated carbocycles. The molecule has 7 aromatic rings. The summed E-state index contributed by atoms with van der Waals surface area (Å²) >= 11 is 6.33. The van der Waals surface area contributed by atoms with E-state index in [1.54, 1.807) is 0 Å². The van der Waals surface area contributed by atoms with Crippen molar-refractivity contribution in [3.05, 3.63) is 90.2 Å². The van der Waals surface area contributed by atoms with Gasteiger partial charge in [-0.3, -0.25) is 13.7 Å². The van der Waals surface area contributed by atoms with Crippen molar-refractivity contribution in [1.29, 1.82) is 0 Å². The van der Waals surface area contributed by atoms with E-state index in [1.807, 2.05) is 0 Å². The highest BCUT2D eigenvalue weighted by molar-refractivity contribution is 8.19. The van der Waals surface area contributed by atoms with Crippen molar-refractivity contribution in [3.8, 4) is 17.2 Å². The first-order valence-corrected chi connectivity index (χ1v) is 29.4. The summed E-state index contributed by atoms with van der Waals surface area (Å²) in [4.78, 5) is 10.0. The Kier molecular flexibility index (Phi) is 15.9. The van der Waals surface area contributed by atoms with Crippen LogP contribution in [0.25, 0.3) is 21.5 Å². The molecule has 0 fully saturated rings. The normalized spacial score (nSPS) is 13.5. The van der Waals surface area contributed by atoms with Gasteiger partial charge in [-0.25, -0.2) is 12.6 Å². The molecule has 406 valence electrons. The Morgan fingerprint density at radius 1 is 0.632 bits per heavy atom. The molecule has 6 aromatic carbocycles. The van der Waals surface area contributed by atoms with E-state index in [0.29, 0.717) is 6.07 Å². The van der Waals surface area contributed by atoms with Gasteiger partial charge in [-0.2, -0.15) is 45.3 Å². The van der Waals surface area contributed by atoms with Crippen molar-refractivity contribution in [1.82, 2.24) is 15.0 Å². The van der Waals surface area contributed by atoms with Crippen LogP contribution in [0.1, 0.15) is 0 Å². The predicted octanol–water partition coefficient (Wildman–Crippen LogP) is 8.85. The number of nitrogens with zero attached hydrogens (tertiary/aromatic N) is 8. The van der Waals surface area contributed by atoms with E-state index in [1.165, 1.54) is 43.3 Å². The maximum absolute atomic E-state index is 12.7. The molecule has 12 N–H and O–H groups in total. The fourth-order valence-corrected chi connectivity index (χ4v) is 11.0. The molecule has 7 rings (SSSR count). The van der Waals surface area contributed by atoms with E-state index in [2.05, 4.69) is 44.9 Å². The standard InChI is InChI=1S/C39H36ClN9O21S6/c1-49(22-5-9-26-19(13-22)15-30(74(60,61)62)33(35(26)50)48-46-27-10-6-23(69-2)17-29(27)73(57,58)59)39-43-37(40)42-38(44-39)41-28-18-25(72(54,55)56)14-20-16-31(75(63,64)65)34(36(51)32(20)28)47-45-21-3-7-24(8-4-21)71(52,53)12-11-70-76(66,67)68/h3-10,13-18,50-51,54-56,60-62H,11-12H2,1-2H3,(H,57,58,59)(H,63,64,65)(H,66,67,68)(H,41,42,43,44). The molecule has 30 nitrogen and oxygen atoms in total. The molecule has 37 heteroatoms. The molecule has 0 aliphatic carbocycles. The van der Waals surface area contributed by atoms with Crippen molar-refractivity contribution >= 4 is 141 Å². The van der Waals surface area contributed by atoms with Crippen LogP contribution in [0.2, 0.25) is 5.28 Å². The molecule has 0 spiro atoms. The lowest BCUT2D eigenvalue weighted by Gasteiger charge is -2.23. The van der Waals surface area contributed by atoms with E-state index >= 15 is 0 Å². The number of aromatic hydroxyl groups is 2. The van der Waals surface area contributed by atoms with Gasteiger partial charge in [0.25, 0.3) is 20.2 Å². The van der Waals surface area contributed by atoms with Gasteiger partial charge in [0, 0.05) is 29.6 Å². The predicted molar refractivity (Wildman–Crippen MR) is 272 cm³/mol. The third-order valence-corrected chi connectivity index (χ3v) is 16.2. The summed E-state index contributed by atoms with van der Waals surface area (Å²) in [7, 11) is -26.1. The van der Waals surface area contributed by atoms with Gasteiger partial charge in [0.05, 0.1) is 45.5 Å². The molecule has 0 atom stereocenters. The number of hydrogen-bond acceptors (Lipinski definition) is 27. The zero-order valence-electron chi connectivity index (χ0n) is 37.9. The SMILES string of the molecule is COc1ccc(N=Nc2c(S(O)(O)O)cc3cc(N(C)c4nc(Cl)nc(Nc5cc(S(O)(O)O)cc6cc(S(=O)(=O)O)c(N=Nc7ccc(S(=O)(=O)CCOS(=O)(=O)O)cc7)c(O)c56)n4)ccc3c2O)c(S(=O)(=O)O)c1. The number of phenols is 2. The van der Waals surface area contributed by atoms with Crippen molar-refractivity contribution in [2.75, 3.05) is 36.7 Å². The number of aromatic nitrogens is 3. The van der Waals surface area contributed by atoms with Crippen LogP contribution in [0, 0.1) is 0 Å². The maximum atomic E-state index is 12.7. The van der Waals surface area contributed by atoms with Crippen LogP contribution in [-0.4, -0.2) is 126 Å². The van der Waals surface area contributed by atoms with E-state index in [9.17, 15) is 80.3 Å². The number of benzene rings is 6. The minimum absolute atomic E-state index is 0.00976. The van der Waals surface area contributed by atoms with E-state index in [4.69, 9.17) is 20.9 Å². The Morgan fingerprint density at radius 2 is 1.26 bits per heavy atom. The van der Waals surface area contributed by atoms with Crippen LogP contribution in [0.4, 0.5) is 46.0 Å². The van der Waals surface area contributed by atoms with Crippen LogP contribution in [0.15, 0.2) is 130 Å². The molecule has 0 bridgehead atoms. The summed E-state index contributed by atoms with van der Waals surface area (Å²) < 4.78 is 196. The largest absolute Gasteiger partial charge is 0.505 e. The lowest BCUT2D eigenvalue weighted by Crippen LogP contribution is -2.15. The Balaban J connectivity index is 1.27. The average Bonchev–Trinajstić information content (AvgIpc) is 3.31. The van der Waals surface area contributed by atoms with E-state index < -0.39 is 150 Å². The van der Waals surface area contributed by atoms with Crippen LogP contribution < -0.4 is 15.0 Å². The highest BCUT2D eigenvalue weighted by atomic mass is 35.5. The second kappa shape index (κ2) is 21.1. The van der Waals surface area contributed by atoms with Gasteiger partial charge in [0.2, 0.25) is 17.2 Å². The third kappa shape index (κ3) is 13.0. The second-order valence-corrected chi connectivity index (χ2v) is 24.6. The first-order valence-electron chi connectivity index (χ1n) is 20.1. The molecule has 76 heavy (non-hydrogen) atoms. The lowest BCUT2D eigenvalue weighted by atomic mass is 10.1. The summed E-state index contributed by atoms with van der Waals surface area (Å²) in [5, 5.41) is 39.5. The molecule has 0 radical (unpaired) electrons. The number of phenolic OH excluding ortho intramolecular Hbond substituents is 2. The van der Waals surface area contributed by atoms with Crippen molar-refractivity contribution in [2.45, 2.75) is 24.5 Å². The number of rotatable bonds is 18. The fraction of sp³-hybridized carbons (Fsp3) is 0.103. The van der Waals surface area contributed by atoms with E-state index in [-0.39, 0.29) is 38.7 Å². The number of halogens is 1. The summed E-state index contributed by atoms with van der Waals surface area (Å²) in [6.07, 6.45) is 0. The van der Waals surface area contributed by atoms with E-state index in [0.717, 1.165) is 54.6 Å². The van der Waals surface area contributed by atoms with Crippen molar-refractivity contribution in [3.63, 3.8) is 0 Å². The van der Waals surface area contributed by atoms with Gasteiger partial charge >= 0.3 is 10.4 Å². The zero-order chi connectivity index (χ0) is 56.1. The van der Waals surface area contributed by atoms with Crippen LogP contribution in [-0.2, 0) is 44.7 Å². The molecule has 0 aliphatic heterocycles. The summed E-state index contributed by atoms with van der Waals surface area (Å²) in [6, 6.07) is 14.9. The number of azo groups is 2. The maximum Gasteiger partial charge on any atom is 0.397 e. The van der Waals surface area contributed by atoms with Crippen molar-refractivity contribution in [2.24, 2.45) is 20.5 Å². The summed E-state index contributed by atoms with van der Waals surface area (Å²) in [5.74, 6) is -3.46. The molecule has 0 saturated heterocycles. The highest BCUT2D eigenvalue weighted by Crippen LogP contribution is 2.55. The van der Waals surface area contributed by atoms with Gasteiger partial charge in [-0.15, -0.1) is 15.3 Å². The first-order chi connectivity index (χ1) is 35.1. The number of ether oxygens (including phenoxy) is 1. The molecule has 1 aromatic heterocycles. The fourth-order valence-electron chi connectivity index (χ4n) is 6.85. The summed E-state index contributed by atoms with van der Waals surface area (Å²) in [5.41, 5.74) is -2.53. The Labute approximate surface area is 436 Å². The van der Waals surface area contributed by atoms with Crippen LogP contribution >= 0.6 is 33.3 Å². The number of fused-ring (bicyclic) bond motifs is 2. The zero-order valence-corrected chi connectivity index (χ0v) is 43.6. The topological polar surface area (TPSA) is 481 Å². The van der Waals surface area contributed by atoms with Crippen LogP contribution in [0.3, 0.4) is 0 Å². The summed E-state index contributed by atoms with van der Waals surface area (Å²) in [6.45, 7) is -0.926. The molecule has 0 unspecified atom stereocenters. The highest BCUT2D eigenvalue weighted by Gasteiger charge is 2.29. The van der Waals surface area contributed by atoms with Gasteiger partial charge in [-0.1, -0.05) is 0 Å². The monoisotopic (exact) mass is 1190 g/mol. The number of anilines is 4. The molecule has 1 heterocycles. The van der Waals surface area contributed by atoms with Gasteiger partial charge < -0.3 is 52.5 Å². The molecule has 0 amide bonds. The Hall–Kier alpha value is -6.56. The van der Waals surface area contributed by atoms with Crippen molar-refractivity contribution < 1.29 is 93.8 Å². The second-order valence-electron chi connectivity index (χ2n) is 15.3. The quantitative estimate of drug-likeness (QED) is 0.0282.